The molecule has 1 N–H and O–H groups in total. The summed E-state index contributed by atoms with van der Waals surface area (Å²) in [6, 6.07) is 12.4. The van der Waals surface area contributed by atoms with Gasteiger partial charge in [-0.1, -0.05) is 48.9 Å². The third kappa shape index (κ3) is 3.76. The van der Waals surface area contributed by atoms with Crippen LogP contribution in [-0.4, -0.2) is 27.2 Å². The number of fused-ring (bicyclic) bond motifs is 1. The summed E-state index contributed by atoms with van der Waals surface area (Å²) in [5.41, 5.74) is 0.914. The van der Waals surface area contributed by atoms with Gasteiger partial charge in [0.25, 0.3) is 0 Å². The molecule has 1 atom stereocenters. The Labute approximate surface area is 161 Å². The van der Waals surface area contributed by atoms with Gasteiger partial charge in [-0.05, 0) is 37.3 Å². The zero-order valence-electron chi connectivity index (χ0n) is 14.6. The molecule has 4 nitrogen and oxygen atoms in total. The van der Waals surface area contributed by atoms with E-state index in [1.165, 1.54) is 24.6 Å². The van der Waals surface area contributed by atoms with E-state index in [9.17, 15) is 4.79 Å². The Bertz CT molecular complexity index is 905. The molecule has 26 heavy (non-hydrogen) atoms. The molecular formula is C20H21N3OS2. The molecule has 0 spiro atoms. The van der Waals surface area contributed by atoms with Crippen LogP contribution in [0, 0.1) is 0 Å². The number of amides is 1. The Balaban J connectivity index is 1.61. The predicted molar refractivity (Wildman–Crippen MR) is 109 cm³/mol. The fourth-order valence-corrected chi connectivity index (χ4v) is 4.87. The second kappa shape index (κ2) is 7.76. The van der Waals surface area contributed by atoms with Crippen LogP contribution < -0.4 is 5.32 Å². The highest BCUT2D eigenvalue weighted by Crippen LogP contribution is 2.32. The number of hydrogen-bond donors (Lipinski definition) is 1. The van der Waals surface area contributed by atoms with E-state index < -0.39 is 0 Å². The summed E-state index contributed by atoms with van der Waals surface area (Å²) in [4.78, 5) is 23.1. The van der Waals surface area contributed by atoms with Crippen molar-refractivity contribution in [3.63, 3.8) is 0 Å². The first-order chi connectivity index (χ1) is 12.7. The predicted octanol–water partition coefficient (Wildman–Crippen LogP) is 4.90. The van der Waals surface area contributed by atoms with Gasteiger partial charge in [0, 0.05) is 11.4 Å². The molecule has 1 aliphatic carbocycles. The van der Waals surface area contributed by atoms with Crippen molar-refractivity contribution in [2.24, 2.45) is 0 Å². The molecule has 0 unspecified atom stereocenters. The number of aromatic nitrogens is 2. The number of nitrogens with one attached hydrogen (secondary N) is 1. The van der Waals surface area contributed by atoms with Crippen LogP contribution in [0.5, 0.6) is 0 Å². The van der Waals surface area contributed by atoms with Crippen LogP contribution >= 0.6 is 23.1 Å². The maximum Gasteiger partial charge on any atom is 0.233 e. The zero-order chi connectivity index (χ0) is 17.9. The number of thioether (sulfide) groups is 1. The summed E-state index contributed by atoms with van der Waals surface area (Å²) in [5, 5.41) is 6.89. The van der Waals surface area contributed by atoms with Crippen LogP contribution in [0.1, 0.15) is 32.6 Å². The third-order valence-corrected chi connectivity index (χ3v) is 6.64. The number of carbonyl (C=O) groups excluding carboxylic acids is 1. The van der Waals surface area contributed by atoms with E-state index in [1.807, 2.05) is 48.7 Å². The molecule has 0 aliphatic heterocycles. The van der Waals surface area contributed by atoms with Crippen molar-refractivity contribution in [3.05, 3.63) is 41.8 Å². The summed E-state index contributed by atoms with van der Waals surface area (Å²) >= 11 is 3.14. The molecule has 6 heteroatoms. The number of rotatable bonds is 5. The minimum Gasteiger partial charge on any atom is -0.352 e. The van der Waals surface area contributed by atoms with Gasteiger partial charge in [0.15, 0.2) is 5.82 Å². The van der Waals surface area contributed by atoms with Gasteiger partial charge < -0.3 is 5.32 Å². The lowest BCUT2D eigenvalue weighted by atomic mass is 10.2. The average Bonchev–Trinajstić information content (AvgIpc) is 3.35. The molecule has 1 amide bonds. The Morgan fingerprint density at radius 2 is 2.00 bits per heavy atom. The number of nitrogens with zero attached hydrogens (tertiary/aromatic N) is 2. The molecule has 4 rings (SSSR count). The number of hydrogen-bond acceptors (Lipinski definition) is 5. The highest BCUT2D eigenvalue weighted by atomic mass is 32.2. The van der Waals surface area contributed by atoms with E-state index in [2.05, 4.69) is 5.32 Å². The Hall–Kier alpha value is -1.92. The SMILES string of the molecule is C[C@H](Sc1nc(-c2cccs2)nc2ccccc12)C(=O)NC1CCCC1. The summed E-state index contributed by atoms with van der Waals surface area (Å²) in [6.07, 6.45) is 4.63. The molecule has 0 bridgehead atoms. The Kier molecular flexibility index (Phi) is 5.22. The first kappa shape index (κ1) is 17.5. The average molecular weight is 384 g/mol. The van der Waals surface area contributed by atoms with Crippen LogP contribution in [0.2, 0.25) is 0 Å². The topological polar surface area (TPSA) is 54.9 Å². The lowest BCUT2D eigenvalue weighted by molar-refractivity contribution is -0.120. The van der Waals surface area contributed by atoms with Crippen molar-refractivity contribution < 1.29 is 4.79 Å². The second-order valence-electron chi connectivity index (χ2n) is 6.60. The van der Waals surface area contributed by atoms with Gasteiger partial charge in [-0.2, -0.15) is 0 Å². The summed E-state index contributed by atoms with van der Waals surface area (Å²) < 4.78 is 0. The van der Waals surface area contributed by atoms with E-state index in [4.69, 9.17) is 9.97 Å². The number of carbonyl (C=O) groups is 1. The number of thiophene rings is 1. The van der Waals surface area contributed by atoms with E-state index in [-0.39, 0.29) is 11.2 Å². The second-order valence-corrected chi connectivity index (χ2v) is 8.87. The van der Waals surface area contributed by atoms with Gasteiger partial charge in [-0.3, -0.25) is 4.79 Å². The van der Waals surface area contributed by atoms with Crippen LogP contribution in [0.25, 0.3) is 21.6 Å². The minimum atomic E-state index is -0.190. The van der Waals surface area contributed by atoms with Gasteiger partial charge >= 0.3 is 0 Å². The quantitative estimate of drug-likeness (QED) is 0.503. The van der Waals surface area contributed by atoms with Crippen LogP contribution in [0.15, 0.2) is 46.8 Å². The molecule has 1 aliphatic rings. The number of benzene rings is 1. The standard InChI is InChI=1S/C20H21N3OS2/c1-13(19(24)21-14-7-2-3-8-14)26-20-15-9-4-5-10-16(15)22-18(23-20)17-11-6-12-25-17/h4-6,9-14H,2-3,7-8H2,1H3,(H,21,24)/t13-/m0/s1. The summed E-state index contributed by atoms with van der Waals surface area (Å²) in [5.74, 6) is 0.826. The van der Waals surface area contributed by atoms with Crippen molar-refractivity contribution in [2.45, 2.75) is 48.9 Å². The first-order valence-corrected chi connectivity index (χ1v) is 10.7. The van der Waals surface area contributed by atoms with Crippen molar-refractivity contribution in [1.29, 1.82) is 0 Å². The van der Waals surface area contributed by atoms with E-state index >= 15 is 0 Å². The summed E-state index contributed by atoms with van der Waals surface area (Å²) in [7, 11) is 0. The normalized spacial score (nSPS) is 16.0. The molecule has 1 aromatic carbocycles. The van der Waals surface area contributed by atoms with Gasteiger partial charge in [-0.25, -0.2) is 9.97 Å². The van der Waals surface area contributed by atoms with Gasteiger partial charge in [0.2, 0.25) is 5.91 Å². The first-order valence-electron chi connectivity index (χ1n) is 8.98. The van der Waals surface area contributed by atoms with Gasteiger partial charge in [0.05, 0.1) is 15.6 Å². The van der Waals surface area contributed by atoms with Crippen molar-refractivity contribution in [3.8, 4) is 10.7 Å². The van der Waals surface area contributed by atoms with E-state index in [1.54, 1.807) is 11.3 Å². The molecular weight excluding hydrogens is 362 g/mol. The van der Waals surface area contributed by atoms with E-state index in [0.717, 1.165) is 39.5 Å². The third-order valence-electron chi connectivity index (χ3n) is 4.67. The minimum absolute atomic E-state index is 0.0993. The highest BCUT2D eigenvalue weighted by molar-refractivity contribution is 8.00. The summed E-state index contributed by atoms with van der Waals surface area (Å²) in [6.45, 7) is 1.96. The monoisotopic (exact) mass is 383 g/mol. The lowest BCUT2D eigenvalue weighted by Crippen LogP contribution is -2.37. The Morgan fingerprint density at radius 1 is 1.19 bits per heavy atom. The van der Waals surface area contributed by atoms with Crippen molar-refractivity contribution in [1.82, 2.24) is 15.3 Å². The van der Waals surface area contributed by atoms with Crippen LogP contribution in [0.3, 0.4) is 0 Å². The molecule has 2 heterocycles. The maximum atomic E-state index is 12.6. The van der Waals surface area contributed by atoms with Crippen LogP contribution in [0.4, 0.5) is 0 Å². The maximum absolute atomic E-state index is 12.6. The highest BCUT2D eigenvalue weighted by Gasteiger charge is 2.22. The molecule has 134 valence electrons. The number of para-hydroxylation sites is 1. The lowest BCUT2D eigenvalue weighted by Gasteiger charge is -2.17. The molecule has 0 saturated heterocycles. The molecule has 2 aromatic heterocycles. The Morgan fingerprint density at radius 3 is 2.77 bits per heavy atom. The largest absolute Gasteiger partial charge is 0.352 e. The van der Waals surface area contributed by atoms with Crippen molar-refractivity contribution >= 4 is 39.9 Å². The van der Waals surface area contributed by atoms with Gasteiger partial charge in [0.1, 0.15) is 5.03 Å². The van der Waals surface area contributed by atoms with Crippen molar-refractivity contribution in [2.75, 3.05) is 0 Å². The fourth-order valence-electron chi connectivity index (χ4n) is 3.26. The van der Waals surface area contributed by atoms with Crippen LogP contribution in [-0.2, 0) is 4.79 Å². The molecule has 3 aromatic rings. The molecule has 1 saturated carbocycles. The molecule has 1 fully saturated rings. The van der Waals surface area contributed by atoms with Gasteiger partial charge in [-0.15, -0.1) is 11.3 Å². The zero-order valence-corrected chi connectivity index (χ0v) is 16.3. The molecule has 0 radical (unpaired) electrons. The fraction of sp³-hybridized carbons (Fsp3) is 0.350. The van der Waals surface area contributed by atoms with E-state index in [0.29, 0.717) is 6.04 Å². The smallest absolute Gasteiger partial charge is 0.233 e.